The van der Waals surface area contributed by atoms with E-state index in [1.165, 1.54) is 11.8 Å². The van der Waals surface area contributed by atoms with E-state index in [9.17, 15) is 4.79 Å². The third kappa shape index (κ3) is 3.81. The molecule has 0 saturated carbocycles. The Morgan fingerprint density at radius 3 is 2.75 bits per heavy atom. The van der Waals surface area contributed by atoms with Gasteiger partial charge < -0.3 is 0 Å². The highest BCUT2D eigenvalue weighted by atomic mass is 32.2. The van der Waals surface area contributed by atoms with E-state index in [-0.39, 0.29) is 5.91 Å². The molecule has 104 valence electrons. The minimum atomic E-state index is 0.0335. The van der Waals surface area contributed by atoms with Crippen molar-refractivity contribution < 1.29 is 4.79 Å². The van der Waals surface area contributed by atoms with Gasteiger partial charge in [-0.2, -0.15) is 0 Å². The van der Waals surface area contributed by atoms with Crippen LogP contribution in [0.1, 0.15) is 25.3 Å². The van der Waals surface area contributed by atoms with E-state index in [2.05, 4.69) is 6.92 Å². The third-order valence-corrected chi connectivity index (χ3v) is 4.34. The molecule has 1 aliphatic heterocycles. The number of amides is 1. The number of unbranched alkanes of at least 4 members (excludes halogenated alkanes) is 1. The molecule has 1 fully saturated rings. The van der Waals surface area contributed by atoms with Crippen molar-refractivity contribution in [3.8, 4) is 0 Å². The van der Waals surface area contributed by atoms with Crippen LogP contribution in [-0.4, -0.2) is 21.7 Å². The number of nitrogens with zero attached hydrogens (tertiary/aromatic N) is 1. The van der Waals surface area contributed by atoms with E-state index in [1.54, 1.807) is 4.90 Å². The van der Waals surface area contributed by atoms with Crippen LogP contribution in [0.3, 0.4) is 0 Å². The first-order valence-electron chi connectivity index (χ1n) is 6.69. The molecule has 2 nitrogen and oxygen atoms in total. The Hall–Kier alpha value is -1.39. The normalized spacial score (nSPS) is 17.6. The summed E-state index contributed by atoms with van der Waals surface area (Å²) in [6, 6.07) is 10.0. The fourth-order valence-electron chi connectivity index (χ4n) is 1.83. The number of thioether (sulfide) groups is 1. The van der Waals surface area contributed by atoms with Gasteiger partial charge in [-0.3, -0.25) is 9.69 Å². The van der Waals surface area contributed by atoms with Gasteiger partial charge in [0.15, 0.2) is 0 Å². The van der Waals surface area contributed by atoms with Gasteiger partial charge in [0.25, 0.3) is 5.91 Å². The highest BCUT2D eigenvalue weighted by molar-refractivity contribution is 8.26. The van der Waals surface area contributed by atoms with Crippen LogP contribution in [0.2, 0.25) is 0 Å². The number of rotatable bonds is 5. The third-order valence-electron chi connectivity index (χ3n) is 2.94. The summed E-state index contributed by atoms with van der Waals surface area (Å²) in [6.45, 7) is 2.83. The standard InChI is InChI=1S/C16H17NOS2/c1-2-3-12-17-15(18)14(20-16(17)19)11-7-10-13-8-5-4-6-9-13/h4-11H,2-3,12H2,1H3/b10-7+,14-11-. The van der Waals surface area contributed by atoms with Gasteiger partial charge >= 0.3 is 0 Å². The summed E-state index contributed by atoms with van der Waals surface area (Å²) in [4.78, 5) is 14.6. The Morgan fingerprint density at radius 1 is 1.30 bits per heavy atom. The van der Waals surface area contributed by atoms with E-state index in [0.29, 0.717) is 9.23 Å². The van der Waals surface area contributed by atoms with Crippen molar-refractivity contribution in [1.82, 2.24) is 4.90 Å². The van der Waals surface area contributed by atoms with Gasteiger partial charge in [-0.05, 0) is 18.1 Å². The lowest BCUT2D eigenvalue weighted by molar-refractivity contribution is -0.122. The summed E-state index contributed by atoms with van der Waals surface area (Å²) in [7, 11) is 0. The number of thiocarbonyl (C=S) groups is 1. The number of carbonyl (C=O) groups is 1. The van der Waals surface area contributed by atoms with Crippen molar-refractivity contribution in [2.75, 3.05) is 6.54 Å². The SMILES string of the molecule is CCCCN1C(=O)/C(=C/C=C/c2ccccc2)SC1=S. The maximum Gasteiger partial charge on any atom is 0.266 e. The Bertz CT molecular complexity index is 549. The Kier molecular flexibility index (Phi) is 5.56. The number of hydrogen-bond acceptors (Lipinski definition) is 3. The number of benzene rings is 1. The molecule has 4 heteroatoms. The van der Waals surface area contributed by atoms with Crippen molar-refractivity contribution in [2.24, 2.45) is 0 Å². The molecular formula is C16H17NOS2. The average Bonchev–Trinajstić information content (AvgIpc) is 2.73. The molecule has 0 spiro atoms. The molecule has 20 heavy (non-hydrogen) atoms. The zero-order valence-corrected chi connectivity index (χ0v) is 13.0. The quantitative estimate of drug-likeness (QED) is 0.599. The van der Waals surface area contributed by atoms with Crippen molar-refractivity contribution in [3.05, 3.63) is 53.0 Å². The predicted molar refractivity (Wildman–Crippen MR) is 90.4 cm³/mol. The van der Waals surface area contributed by atoms with Gasteiger partial charge in [-0.25, -0.2) is 0 Å². The van der Waals surface area contributed by atoms with Crippen LogP contribution in [0.4, 0.5) is 0 Å². The molecule has 2 rings (SSSR count). The number of hydrogen-bond donors (Lipinski definition) is 0. The van der Waals surface area contributed by atoms with Crippen LogP contribution < -0.4 is 0 Å². The largest absolute Gasteiger partial charge is 0.293 e. The zero-order valence-electron chi connectivity index (χ0n) is 11.4. The molecule has 0 unspecified atom stereocenters. The molecule has 1 aromatic carbocycles. The van der Waals surface area contributed by atoms with Crippen LogP contribution in [0.5, 0.6) is 0 Å². The van der Waals surface area contributed by atoms with Crippen LogP contribution in [0, 0.1) is 0 Å². The summed E-state index contributed by atoms with van der Waals surface area (Å²) in [6.07, 6.45) is 7.78. The summed E-state index contributed by atoms with van der Waals surface area (Å²) in [5.74, 6) is 0.0335. The molecular weight excluding hydrogens is 286 g/mol. The predicted octanol–water partition coefficient (Wildman–Crippen LogP) is 4.24. The van der Waals surface area contributed by atoms with E-state index in [1.807, 2.05) is 48.6 Å². The van der Waals surface area contributed by atoms with E-state index in [4.69, 9.17) is 12.2 Å². The minimum Gasteiger partial charge on any atom is -0.293 e. The molecule has 1 aliphatic rings. The van der Waals surface area contributed by atoms with Gasteiger partial charge in [-0.15, -0.1) is 0 Å². The first-order chi connectivity index (χ1) is 9.72. The van der Waals surface area contributed by atoms with Gasteiger partial charge in [0.1, 0.15) is 4.32 Å². The topological polar surface area (TPSA) is 20.3 Å². The molecule has 1 heterocycles. The molecule has 0 atom stereocenters. The van der Waals surface area contributed by atoms with Crippen LogP contribution in [0.25, 0.3) is 6.08 Å². The summed E-state index contributed by atoms with van der Waals surface area (Å²) >= 11 is 6.64. The number of carbonyl (C=O) groups excluding carboxylic acids is 1. The monoisotopic (exact) mass is 303 g/mol. The minimum absolute atomic E-state index is 0.0335. The van der Waals surface area contributed by atoms with Gasteiger partial charge in [-0.1, -0.05) is 79.8 Å². The highest BCUT2D eigenvalue weighted by Gasteiger charge is 2.30. The lowest BCUT2D eigenvalue weighted by Gasteiger charge is -2.12. The van der Waals surface area contributed by atoms with Crippen LogP contribution in [0.15, 0.2) is 47.4 Å². The molecule has 1 saturated heterocycles. The molecule has 1 aromatic rings. The van der Waals surface area contributed by atoms with Crippen LogP contribution in [-0.2, 0) is 4.79 Å². The van der Waals surface area contributed by atoms with Crippen molar-refractivity contribution in [2.45, 2.75) is 19.8 Å². The molecule has 0 N–H and O–H groups in total. The van der Waals surface area contributed by atoms with E-state index < -0.39 is 0 Å². The van der Waals surface area contributed by atoms with Crippen LogP contribution >= 0.6 is 24.0 Å². The molecule has 0 aliphatic carbocycles. The van der Waals surface area contributed by atoms with Crippen molar-refractivity contribution in [1.29, 1.82) is 0 Å². The van der Waals surface area contributed by atoms with Crippen molar-refractivity contribution >= 4 is 40.3 Å². The molecule has 0 radical (unpaired) electrons. The second-order valence-corrected chi connectivity index (χ2v) is 6.15. The molecule has 0 bridgehead atoms. The number of allylic oxidation sites excluding steroid dienone is 2. The Balaban J connectivity index is 2.03. The highest BCUT2D eigenvalue weighted by Crippen LogP contribution is 2.31. The maximum absolute atomic E-state index is 12.2. The molecule has 1 amide bonds. The zero-order chi connectivity index (χ0) is 14.4. The fraction of sp³-hybridized carbons (Fsp3) is 0.250. The summed E-state index contributed by atoms with van der Waals surface area (Å²) in [5.41, 5.74) is 1.12. The van der Waals surface area contributed by atoms with E-state index in [0.717, 1.165) is 24.9 Å². The fourth-order valence-corrected chi connectivity index (χ4v) is 3.09. The summed E-state index contributed by atoms with van der Waals surface area (Å²) in [5, 5.41) is 0. The second-order valence-electron chi connectivity index (χ2n) is 4.48. The lowest BCUT2D eigenvalue weighted by atomic mass is 10.2. The lowest BCUT2D eigenvalue weighted by Crippen LogP contribution is -2.28. The first-order valence-corrected chi connectivity index (χ1v) is 7.92. The van der Waals surface area contributed by atoms with Crippen molar-refractivity contribution in [3.63, 3.8) is 0 Å². The maximum atomic E-state index is 12.2. The van der Waals surface area contributed by atoms with Gasteiger partial charge in [0.05, 0.1) is 4.91 Å². The smallest absolute Gasteiger partial charge is 0.266 e. The Morgan fingerprint density at radius 2 is 2.05 bits per heavy atom. The summed E-state index contributed by atoms with van der Waals surface area (Å²) < 4.78 is 0.669. The Labute approximate surface area is 129 Å². The second kappa shape index (κ2) is 7.41. The van der Waals surface area contributed by atoms with Gasteiger partial charge in [0, 0.05) is 6.54 Å². The van der Waals surface area contributed by atoms with Gasteiger partial charge in [0.2, 0.25) is 0 Å². The van der Waals surface area contributed by atoms with E-state index >= 15 is 0 Å². The average molecular weight is 303 g/mol. The molecule has 0 aromatic heterocycles. The first kappa shape index (κ1) is 15.0.